The Kier molecular flexibility index (Phi) is 12.9. The number of nitrogens with one attached hydrogen (secondary N) is 2. The predicted molar refractivity (Wildman–Crippen MR) is 233 cm³/mol. The third kappa shape index (κ3) is 9.57. The molecule has 6 N–H and O–H groups in total. The van der Waals surface area contributed by atoms with Gasteiger partial charge in [-0.2, -0.15) is 10.2 Å². The quantitative estimate of drug-likeness (QED) is 0.0763. The van der Waals surface area contributed by atoms with Crippen molar-refractivity contribution in [3.05, 3.63) is 82.6 Å². The molecule has 0 radical (unpaired) electrons. The molecule has 7 rings (SSSR count). The second-order valence-corrected chi connectivity index (χ2v) is 15.1. The van der Waals surface area contributed by atoms with Gasteiger partial charge >= 0.3 is 0 Å². The summed E-state index contributed by atoms with van der Waals surface area (Å²) in [6.45, 7) is 14.1. The van der Waals surface area contributed by atoms with Gasteiger partial charge in [0.1, 0.15) is 28.2 Å². The second-order valence-electron chi connectivity index (χ2n) is 15.1. The Hall–Kier alpha value is -7.42. The van der Waals surface area contributed by atoms with Crippen LogP contribution >= 0.6 is 0 Å². The van der Waals surface area contributed by atoms with Crippen LogP contribution in [0.1, 0.15) is 80.3 Å². The van der Waals surface area contributed by atoms with Crippen molar-refractivity contribution < 1.29 is 28.7 Å². The topological polar surface area (TPSA) is 261 Å². The molecule has 21 heteroatoms. The first-order valence-electron chi connectivity index (χ1n) is 20.7. The second kappa shape index (κ2) is 18.7. The lowest BCUT2D eigenvalue weighted by Gasteiger charge is -2.34. The molecule has 1 aliphatic rings. The summed E-state index contributed by atoms with van der Waals surface area (Å²) in [7, 11) is 0. The van der Waals surface area contributed by atoms with Gasteiger partial charge in [0.2, 0.25) is 29.6 Å². The number of hydrogen-bond donors (Lipinski definition) is 4. The van der Waals surface area contributed by atoms with Gasteiger partial charge in [0.05, 0.1) is 29.1 Å². The molecule has 63 heavy (non-hydrogen) atoms. The number of carbonyl (C=O) groups is 5. The lowest BCUT2D eigenvalue weighted by atomic mass is 10.1. The Labute approximate surface area is 362 Å². The summed E-state index contributed by atoms with van der Waals surface area (Å²) >= 11 is 0. The minimum atomic E-state index is -0.674. The summed E-state index contributed by atoms with van der Waals surface area (Å²) in [4.78, 5) is 81.7. The fraction of sp³-hybridized carbons (Fsp3) is 0.381. The first-order chi connectivity index (χ1) is 30.2. The van der Waals surface area contributed by atoms with Crippen molar-refractivity contribution in [2.24, 2.45) is 11.5 Å². The molecule has 0 aliphatic carbocycles. The fourth-order valence-electron chi connectivity index (χ4n) is 7.56. The van der Waals surface area contributed by atoms with Gasteiger partial charge in [-0.15, -0.1) is 0 Å². The number of piperazine rings is 1. The molecule has 5 aromatic heterocycles. The van der Waals surface area contributed by atoms with Gasteiger partial charge in [0.25, 0.3) is 11.8 Å². The number of fused-ring (bicyclic) bond motifs is 2. The Bertz CT molecular complexity index is 2750. The maximum atomic E-state index is 13.8. The molecule has 0 atom stereocenters. The third-order valence-corrected chi connectivity index (χ3v) is 10.7. The first kappa shape index (κ1) is 43.7. The molecule has 0 saturated carbocycles. The number of aromatic nitrogens is 9. The van der Waals surface area contributed by atoms with Crippen LogP contribution in [-0.2, 0) is 31.0 Å². The molecule has 1 saturated heterocycles. The Morgan fingerprint density at radius 1 is 0.746 bits per heavy atom. The van der Waals surface area contributed by atoms with Gasteiger partial charge in [-0.1, -0.05) is 12.2 Å². The van der Waals surface area contributed by atoms with Gasteiger partial charge in [-0.3, -0.25) is 53.4 Å². The van der Waals surface area contributed by atoms with Crippen LogP contribution in [-0.4, -0.2) is 122 Å². The number of carbonyl (C=O) groups excluding carboxylic acids is 5. The molecule has 1 aliphatic heterocycles. The van der Waals surface area contributed by atoms with Crippen LogP contribution in [0.3, 0.4) is 0 Å². The number of ether oxygens (including phenoxy) is 1. The van der Waals surface area contributed by atoms with E-state index < -0.39 is 23.6 Å². The van der Waals surface area contributed by atoms with Crippen molar-refractivity contribution in [3.63, 3.8) is 0 Å². The molecule has 1 fully saturated rings. The fourth-order valence-corrected chi connectivity index (χ4v) is 7.56. The maximum Gasteiger partial charge on any atom is 0.276 e. The number of imidazole rings is 2. The molecule has 0 spiro atoms. The standard InChI is InChI=1S/C42H51N15O6/c1-6-56-32(19-25(3)50-56)39(61)48-41-46-30-21-28(36(43)59)23-34(63-18-10-11-52-14-16-53(17-15-52)27(5)58)35(30)54(41)12-8-9-13-55-38-31(22-29(24-45-38)37(44)60)47-42(55)49-40(62)33-20-26(4)51-57(33)7-2/h8-9,19-24H,6-7,10-18H2,1-5H3,(H2,43,59)(H2,44,60)(H,46,48,61)(H,47,49,62)/b9-8+. The zero-order valence-corrected chi connectivity index (χ0v) is 35.9. The number of anilines is 2. The number of primary amides is 2. The third-order valence-electron chi connectivity index (χ3n) is 10.7. The molecular weight excluding hydrogens is 811 g/mol. The number of benzene rings is 1. The van der Waals surface area contributed by atoms with E-state index in [2.05, 4.69) is 35.7 Å². The highest BCUT2D eigenvalue weighted by Crippen LogP contribution is 2.32. The van der Waals surface area contributed by atoms with Crippen molar-refractivity contribution in [1.29, 1.82) is 0 Å². The molecule has 1 aromatic carbocycles. The number of hydrogen-bond acceptors (Lipinski definition) is 12. The zero-order valence-electron chi connectivity index (χ0n) is 35.9. The van der Waals surface area contributed by atoms with Crippen LogP contribution in [0.4, 0.5) is 11.9 Å². The summed E-state index contributed by atoms with van der Waals surface area (Å²) in [6, 6.07) is 8.01. The monoisotopic (exact) mass is 861 g/mol. The van der Waals surface area contributed by atoms with Crippen LogP contribution in [0.5, 0.6) is 5.75 Å². The van der Waals surface area contributed by atoms with E-state index in [1.807, 2.05) is 30.9 Å². The smallest absolute Gasteiger partial charge is 0.276 e. The first-order valence-corrected chi connectivity index (χ1v) is 20.7. The number of rotatable bonds is 17. The van der Waals surface area contributed by atoms with Crippen molar-refractivity contribution >= 4 is 63.6 Å². The van der Waals surface area contributed by atoms with Crippen LogP contribution in [0.2, 0.25) is 0 Å². The maximum absolute atomic E-state index is 13.8. The van der Waals surface area contributed by atoms with Gasteiger partial charge in [0.15, 0.2) is 5.65 Å². The molecule has 330 valence electrons. The number of allylic oxidation sites excluding steroid dienone is 2. The van der Waals surface area contributed by atoms with E-state index in [9.17, 15) is 24.0 Å². The van der Waals surface area contributed by atoms with E-state index in [0.29, 0.717) is 89.9 Å². The number of amides is 5. The summed E-state index contributed by atoms with van der Waals surface area (Å²) in [6.07, 6.45) is 5.68. The molecular formula is C42H51N15O6. The zero-order chi connectivity index (χ0) is 44.9. The lowest BCUT2D eigenvalue weighted by molar-refractivity contribution is -0.130. The number of pyridine rings is 1. The average molecular weight is 862 g/mol. The number of nitrogens with zero attached hydrogens (tertiary/aromatic N) is 11. The Morgan fingerprint density at radius 3 is 1.87 bits per heavy atom. The van der Waals surface area contributed by atoms with E-state index in [0.717, 1.165) is 19.6 Å². The largest absolute Gasteiger partial charge is 0.491 e. The number of nitrogens with two attached hydrogens (primary N) is 2. The molecule has 6 heterocycles. The van der Waals surface area contributed by atoms with Crippen molar-refractivity contribution in [3.8, 4) is 5.75 Å². The van der Waals surface area contributed by atoms with Gasteiger partial charge in [-0.05, 0) is 64.4 Å². The minimum Gasteiger partial charge on any atom is -0.491 e. The SMILES string of the molecule is CCn1nc(C)cc1C(=O)Nc1nc2cc(C(N)=O)cnc2n1C/C=C/Cn1c(NC(=O)c2cc(C)nn2CC)nc2cc(C(N)=O)cc(OCCCN3CCN(C(C)=O)CC3)c21. The Balaban J connectivity index is 1.20. The highest BCUT2D eigenvalue weighted by atomic mass is 16.5. The summed E-state index contributed by atoms with van der Waals surface area (Å²) in [5.41, 5.74) is 15.3. The van der Waals surface area contributed by atoms with Gasteiger partial charge in [-0.25, -0.2) is 15.0 Å². The summed E-state index contributed by atoms with van der Waals surface area (Å²) < 4.78 is 13.0. The van der Waals surface area contributed by atoms with Crippen molar-refractivity contribution in [2.45, 2.75) is 67.2 Å². The van der Waals surface area contributed by atoms with Crippen LogP contribution < -0.4 is 26.8 Å². The van der Waals surface area contributed by atoms with E-state index in [-0.39, 0.29) is 42.0 Å². The van der Waals surface area contributed by atoms with Crippen LogP contribution in [0.15, 0.2) is 48.7 Å². The van der Waals surface area contributed by atoms with Crippen LogP contribution in [0, 0.1) is 13.8 Å². The molecule has 6 aromatic rings. The van der Waals surface area contributed by atoms with E-state index >= 15 is 0 Å². The van der Waals surface area contributed by atoms with Crippen molar-refractivity contribution in [1.82, 2.24) is 53.4 Å². The summed E-state index contributed by atoms with van der Waals surface area (Å²) in [5.74, 6) is -1.45. The highest BCUT2D eigenvalue weighted by Gasteiger charge is 2.24. The van der Waals surface area contributed by atoms with Crippen molar-refractivity contribution in [2.75, 3.05) is 50.0 Å². The van der Waals surface area contributed by atoms with Crippen LogP contribution in [0.25, 0.3) is 22.2 Å². The molecule has 5 amide bonds. The highest BCUT2D eigenvalue weighted by molar-refractivity contribution is 6.05. The lowest BCUT2D eigenvalue weighted by Crippen LogP contribution is -2.48. The van der Waals surface area contributed by atoms with Gasteiger partial charge in [0, 0.05) is 77.6 Å². The van der Waals surface area contributed by atoms with Gasteiger partial charge < -0.3 is 25.7 Å². The number of aryl methyl sites for hydroxylation is 4. The molecule has 21 nitrogen and oxygen atoms in total. The minimum absolute atomic E-state index is 0.0669. The normalized spacial score (nSPS) is 13.3. The predicted octanol–water partition coefficient (Wildman–Crippen LogP) is 2.72. The Morgan fingerprint density at radius 2 is 1.30 bits per heavy atom. The molecule has 0 unspecified atom stereocenters. The summed E-state index contributed by atoms with van der Waals surface area (Å²) in [5, 5.41) is 14.6. The molecule has 0 bridgehead atoms. The average Bonchev–Trinajstić information content (AvgIpc) is 4.02. The van der Waals surface area contributed by atoms with E-state index in [1.165, 1.54) is 12.3 Å². The van der Waals surface area contributed by atoms with E-state index in [4.69, 9.17) is 21.2 Å². The van der Waals surface area contributed by atoms with E-state index in [1.54, 1.807) is 63.5 Å².